The van der Waals surface area contributed by atoms with Gasteiger partial charge in [0.1, 0.15) is 44.2 Å². The molecule has 30 heteroatoms. The summed E-state index contributed by atoms with van der Waals surface area (Å²) in [6.45, 7) is 7.31. The first-order valence-electron chi connectivity index (χ1n) is 20.7. The molecule has 1 N–H and O–H groups in total. The van der Waals surface area contributed by atoms with Crippen molar-refractivity contribution in [3.8, 4) is 0 Å². The van der Waals surface area contributed by atoms with Crippen LogP contribution in [0.15, 0.2) is 0 Å². The topological polar surface area (TPSA) is 342 Å². The van der Waals surface area contributed by atoms with Crippen LogP contribution >= 0.6 is 34.8 Å². The third-order valence-corrected chi connectivity index (χ3v) is 9.83. The fourth-order valence-electron chi connectivity index (χ4n) is 7.03. The Bertz CT molecular complexity index is 1960. The quantitative estimate of drug-likeness (QED) is 0.0642. The molecule has 0 aliphatic carbocycles. The van der Waals surface area contributed by atoms with E-state index in [0.717, 1.165) is 69.2 Å². The Kier molecular flexibility index (Phi) is 22.3. The number of esters is 10. The lowest BCUT2D eigenvalue weighted by Gasteiger charge is -2.50. The van der Waals surface area contributed by atoms with E-state index in [9.17, 15) is 47.9 Å². The standard InChI is InChI=1S/C40H52Cl3NO26/c1-14(45)55-11-24-27(58-17(4)48)30(61-20(7)51)33(63-22(9)53)36(65-24)68-32-29(60-19(6)50)26(13-57-16(3)47)66-37(34(32)64-23(10)54)69-35-31(62-21(8)52)28(59-18(5)49)25(12-56-15(2)46)67-38(35)70-39(44)40(41,42)43/h24-38,44H,11-13H2,1-10H3/t24?,25?,26?,27-,28-,29-,30+,31+,32+,33?,34?,35?,36-,37-,38-/m1/s1. The Balaban J connectivity index is 2.40. The van der Waals surface area contributed by atoms with E-state index in [-0.39, 0.29) is 0 Å². The molecule has 0 aromatic heterocycles. The van der Waals surface area contributed by atoms with E-state index in [2.05, 4.69) is 0 Å². The van der Waals surface area contributed by atoms with Crippen LogP contribution in [0.1, 0.15) is 69.2 Å². The van der Waals surface area contributed by atoms with Gasteiger partial charge < -0.3 is 75.8 Å². The van der Waals surface area contributed by atoms with Gasteiger partial charge in [0.15, 0.2) is 61.4 Å². The molecule has 0 bridgehead atoms. The third-order valence-electron chi connectivity index (χ3n) is 9.31. The molecule has 0 radical (unpaired) electrons. The second-order valence-electron chi connectivity index (χ2n) is 15.2. The Morgan fingerprint density at radius 3 is 0.929 bits per heavy atom. The van der Waals surface area contributed by atoms with Crippen LogP contribution in [0, 0.1) is 5.41 Å². The molecule has 0 aromatic rings. The summed E-state index contributed by atoms with van der Waals surface area (Å²) in [6, 6.07) is 0. The first kappa shape index (κ1) is 59.2. The molecule has 15 atom stereocenters. The van der Waals surface area contributed by atoms with E-state index in [1.54, 1.807) is 0 Å². The second-order valence-corrected chi connectivity index (χ2v) is 17.5. The summed E-state index contributed by atoms with van der Waals surface area (Å²) in [4.78, 5) is 125. The molecule has 3 rings (SSSR count). The lowest BCUT2D eigenvalue weighted by Crippen LogP contribution is -2.69. The van der Waals surface area contributed by atoms with E-state index in [1.807, 2.05) is 0 Å². The van der Waals surface area contributed by atoms with Crippen LogP contribution in [0.3, 0.4) is 0 Å². The Labute approximate surface area is 413 Å². The van der Waals surface area contributed by atoms with E-state index in [0.29, 0.717) is 0 Å². The van der Waals surface area contributed by atoms with Crippen LogP contribution in [-0.4, -0.2) is 181 Å². The number of nitrogens with one attached hydrogen (secondary N) is 1. The fourth-order valence-corrected chi connectivity index (χ4v) is 7.16. The Morgan fingerprint density at radius 2 is 0.614 bits per heavy atom. The number of hydrogen-bond donors (Lipinski definition) is 1. The predicted octanol–water partition coefficient (Wildman–Crippen LogP) is 0.507. The molecule has 70 heavy (non-hydrogen) atoms. The van der Waals surface area contributed by atoms with Crippen LogP contribution in [0.4, 0.5) is 0 Å². The molecule has 3 aliphatic heterocycles. The minimum Gasteiger partial charge on any atom is -0.463 e. The number of hydrogen-bond acceptors (Lipinski definition) is 27. The van der Waals surface area contributed by atoms with Gasteiger partial charge in [0.2, 0.25) is 12.2 Å². The van der Waals surface area contributed by atoms with Gasteiger partial charge in [0.05, 0.1) is 0 Å². The summed E-state index contributed by atoms with van der Waals surface area (Å²) in [6.07, 6.45) is -28.7. The molecule has 6 unspecified atom stereocenters. The van der Waals surface area contributed by atoms with Gasteiger partial charge in [-0.1, -0.05) is 34.8 Å². The fraction of sp³-hybridized carbons (Fsp3) is 0.725. The van der Waals surface area contributed by atoms with Crippen LogP contribution in [0.5, 0.6) is 0 Å². The van der Waals surface area contributed by atoms with Gasteiger partial charge in [-0.05, 0) is 0 Å². The maximum absolute atomic E-state index is 13.1. The highest BCUT2D eigenvalue weighted by molar-refractivity contribution is 6.76. The molecule has 3 saturated heterocycles. The minimum absolute atomic E-state index is 0.727. The number of carbonyl (C=O) groups is 10. The lowest BCUT2D eigenvalue weighted by molar-refractivity contribution is -0.382. The highest BCUT2D eigenvalue weighted by atomic mass is 35.6. The van der Waals surface area contributed by atoms with Crippen molar-refractivity contribution in [2.45, 2.75) is 165 Å². The normalized spacial score (nSPS) is 30.7. The smallest absolute Gasteiger partial charge is 0.303 e. The van der Waals surface area contributed by atoms with E-state index >= 15 is 0 Å². The summed E-state index contributed by atoms with van der Waals surface area (Å²) in [5.74, 6) is -11.1. The van der Waals surface area contributed by atoms with Gasteiger partial charge in [-0.15, -0.1) is 0 Å². The minimum atomic E-state index is -2.62. The van der Waals surface area contributed by atoms with Gasteiger partial charge in [-0.2, -0.15) is 0 Å². The molecular weight excluding hydrogens is 1020 g/mol. The van der Waals surface area contributed by atoms with E-state index in [1.165, 1.54) is 0 Å². The Morgan fingerprint density at radius 1 is 0.357 bits per heavy atom. The number of halogens is 3. The van der Waals surface area contributed by atoms with Crippen molar-refractivity contribution in [3.63, 3.8) is 0 Å². The van der Waals surface area contributed by atoms with Gasteiger partial charge >= 0.3 is 59.7 Å². The maximum Gasteiger partial charge on any atom is 0.303 e. The van der Waals surface area contributed by atoms with Crippen molar-refractivity contribution >= 4 is 100 Å². The number of carbonyl (C=O) groups excluding carboxylic acids is 10. The summed E-state index contributed by atoms with van der Waals surface area (Å²) in [5.41, 5.74) is 0. The number of ether oxygens (including phenoxy) is 16. The first-order chi connectivity index (χ1) is 32.5. The average Bonchev–Trinajstić information content (AvgIpc) is 3.20. The van der Waals surface area contributed by atoms with Gasteiger partial charge in [-0.3, -0.25) is 53.4 Å². The summed E-state index contributed by atoms with van der Waals surface area (Å²) in [5, 5.41) is 8.38. The van der Waals surface area contributed by atoms with Crippen molar-refractivity contribution in [2.24, 2.45) is 0 Å². The molecule has 0 aromatic carbocycles. The van der Waals surface area contributed by atoms with Gasteiger partial charge in [-0.25, -0.2) is 0 Å². The SMILES string of the molecule is CC(=O)OCC1O[C@H](O[C@@H]2C(OC(C)=O)[C@@H](OC3[C@@H](OC(=N)C(Cl)(Cl)Cl)OC(COC(C)=O)[C@@H](OC(C)=O)[C@@H]3OC(C)=O)OC(COC(C)=O)[C@H]2OC(C)=O)C(OC(C)=O)[C@@H](OC(C)=O)[C@@H]1OC(C)=O. The summed E-state index contributed by atoms with van der Waals surface area (Å²) in [7, 11) is 0. The van der Waals surface area contributed by atoms with Crippen LogP contribution in [-0.2, 0) is 124 Å². The molecule has 394 valence electrons. The predicted molar refractivity (Wildman–Crippen MR) is 224 cm³/mol. The first-order valence-corrected chi connectivity index (χ1v) is 21.8. The van der Waals surface area contributed by atoms with Crippen LogP contribution in [0.2, 0.25) is 0 Å². The maximum atomic E-state index is 13.1. The highest BCUT2D eigenvalue weighted by Gasteiger charge is 2.60. The van der Waals surface area contributed by atoms with Crippen LogP contribution < -0.4 is 0 Å². The van der Waals surface area contributed by atoms with Crippen molar-refractivity contribution < 1.29 is 124 Å². The molecule has 0 spiro atoms. The van der Waals surface area contributed by atoms with Crippen molar-refractivity contribution in [1.29, 1.82) is 5.41 Å². The molecular formula is C40H52Cl3NO26. The summed E-state index contributed by atoms with van der Waals surface area (Å²) >= 11 is 17.8. The zero-order chi connectivity index (χ0) is 52.9. The monoisotopic (exact) mass is 1070 g/mol. The summed E-state index contributed by atoms with van der Waals surface area (Å²) < 4.78 is 88.4. The lowest BCUT2D eigenvalue weighted by atomic mass is 9.95. The van der Waals surface area contributed by atoms with Crippen molar-refractivity contribution in [1.82, 2.24) is 0 Å². The molecule has 0 saturated carbocycles. The van der Waals surface area contributed by atoms with Gasteiger partial charge in [0.25, 0.3) is 3.79 Å². The zero-order valence-corrected chi connectivity index (χ0v) is 41.3. The largest absolute Gasteiger partial charge is 0.463 e. The second kappa shape index (κ2) is 26.3. The molecule has 27 nitrogen and oxygen atoms in total. The number of rotatable bonds is 18. The van der Waals surface area contributed by atoms with E-state index in [4.69, 9.17) is 116 Å². The molecule has 3 aliphatic rings. The average molecular weight is 1070 g/mol. The highest BCUT2D eigenvalue weighted by Crippen LogP contribution is 2.39. The Hall–Kier alpha value is -5.16. The zero-order valence-electron chi connectivity index (χ0n) is 39.0. The number of alkyl halides is 3. The van der Waals surface area contributed by atoms with Crippen molar-refractivity contribution in [3.05, 3.63) is 0 Å². The molecule has 3 heterocycles. The molecule has 3 fully saturated rings. The van der Waals surface area contributed by atoms with Gasteiger partial charge in [0, 0.05) is 69.2 Å². The third kappa shape index (κ3) is 17.9. The van der Waals surface area contributed by atoms with E-state index < -0.39 is 181 Å². The molecule has 0 amide bonds. The van der Waals surface area contributed by atoms with Crippen LogP contribution in [0.25, 0.3) is 0 Å². The van der Waals surface area contributed by atoms with Crippen molar-refractivity contribution in [2.75, 3.05) is 19.8 Å².